The zero-order valence-corrected chi connectivity index (χ0v) is 17.6. The summed E-state index contributed by atoms with van der Waals surface area (Å²) >= 11 is 1.37. The Morgan fingerprint density at radius 1 is 1.25 bits per heavy atom. The van der Waals surface area contributed by atoms with Crippen LogP contribution in [-0.4, -0.2) is 46.8 Å². The highest BCUT2D eigenvalue weighted by atomic mass is 32.2. The summed E-state index contributed by atoms with van der Waals surface area (Å²) in [5, 5.41) is 3.67. The predicted molar refractivity (Wildman–Crippen MR) is 114 cm³/mol. The molecule has 1 aromatic heterocycles. The van der Waals surface area contributed by atoms with Gasteiger partial charge in [-0.05, 0) is 58.3 Å². The molecule has 0 unspecified atom stereocenters. The van der Waals surface area contributed by atoms with Crippen LogP contribution in [0.25, 0.3) is 0 Å². The monoisotopic (exact) mass is 400 g/mol. The molecule has 0 saturated carbocycles. The second-order valence-corrected chi connectivity index (χ2v) is 8.40. The number of likely N-dealkylation sites (N-methyl/N-ethyl adjacent to an activating group) is 1. The van der Waals surface area contributed by atoms with Gasteiger partial charge in [0.15, 0.2) is 0 Å². The van der Waals surface area contributed by atoms with E-state index in [-0.39, 0.29) is 17.3 Å². The number of fused-ring (bicyclic) bond motifs is 1. The van der Waals surface area contributed by atoms with Crippen molar-refractivity contribution in [2.75, 3.05) is 31.7 Å². The van der Waals surface area contributed by atoms with Crippen molar-refractivity contribution < 1.29 is 4.79 Å². The molecule has 1 heterocycles. The van der Waals surface area contributed by atoms with Crippen molar-refractivity contribution in [3.05, 3.63) is 51.6 Å². The Balaban J connectivity index is 1.75. The number of hydrogen-bond donors (Lipinski definition) is 1. The molecule has 7 heteroatoms. The predicted octanol–water partition coefficient (Wildman–Crippen LogP) is 2.72. The van der Waals surface area contributed by atoms with E-state index in [1.807, 2.05) is 49.9 Å². The number of benzene rings is 1. The van der Waals surface area contributed by atoms with Crippen LogP contribution < -0.4 is 11.0 Å². The standard InChI is InChI=1S/C21H28N4O2S/c1-15-8-4-6-10-17(15)22-19(26)14-28-20-16-9-5-7-11-18(16)25(21(27)23-20)13-12-24(2)3/h4,6,8,10H,5,7,9,11-14H2,1-3H3,(H,22,26). The van der Waals surface area contributed by atoms with Gasteiger partial charge in [-0.25, -0.2) is 4.79 Å². The van der Waals surface area contributed by atoms with Gasteiger partial charge in [0.2, 0.25) is 5.91 Å². The van der Waals surface area contributed by atoms with Crippen LogP contribution >= 0.6 is 11.8 Å². The van der Waals surface area contributed by atoms with Crippen molar-refractivity contribution in [2.24, 2.45) is 0 Å². The number of carbonyl (C=O) groups is 1. The minimum atomic E-state index is -0.204. The van der Waals surface area contributed by atoms with Crippen LogP contribution in [0.5, 0.6) is 0 Å². The third-order valence-corrected chi connectivity index (χ3v) is 6.00. The minimum absolute atomic E-state index is 0.0811. The van der Waals surface area contributed by atoms with Crippen molar-refractivity contribution >= 4 is 23.4 Å². The maximum atomic E-state index is 12.6. The smallest absolute Gasteiger partial charge is 0.325 e. The number of nitrogens with zero attached hydrogens (tertiary/aromatic N) is 3. The lowest BCUT2D eigenvalue weighted by Crippen LogP contribution is -2.33. The largest absolute Gasteiger partial charge is 0.348 e. The first-order valence-electron chi connectivity index (χ1n) is 9.71. The van der Waals surface area contributed by atoms with Gasteiger partial charge in [0, 0.05) is 30.0 Å². The summed E-state index contributed by atoms with van der Waals surface area (Å²) in [4.78, 5) is 31.4. The first kappa shape index (κ1) is 20.6. The van der Waals surface area contributed by atoms with Crippen molar-refractivity contribution in [1.82, 2.24) is 14.5 Å². The van der Waals surface area contributed by atoms with Gasteiger partial charge in [-0.15, -0.1) is 0 Å². The molecule has 1 aromatic carbocycles. The van der Waals surface area contributed by atoms with Gasteiger partial charge in [0.05, 0.1) is 5.75 Å². The highest BCUT2D eigenvalue weighted by Crippen LogP contribution is 2.28. The van der Waals surface area contributed by atoms with Gasteiger partial charge in [0.1, 0.15) is 5.03 Å². The number of nitrogens with one attached hydrogen (secondary N) is 1. The van der Waals surface area contributed by atoms with E-state index >= 15 is 0 Å². The Bertz CT molecular complexity index is 908. The normalized spacial score (nSPS) is 13.4. The molecule has 150 valence electrons. The highest BCUT2D eigenvalue weighted by molar-refractivity contribution is 8.00. The van der Waals surface area contributed by atoms with E-state index in [4.69, 9.17) is 0 Å². The van der Waals surface area contributed by atoms with E-state index in [2.05, 4.69) is 15.2 Å². The van der Waals surface area contributed by atoms with E-state index in [1.54, 1.807) is 0 Å². The number of hydrogen-bond acceptors (Lipinski definition) is 5. The third kappa shape index (κ3) is 5.02. The summed E-state index contributed by atoms with van der Waals surface area (Å²) in [7, 11) is 4.00. The fourth-order valence-electron chi connectivity index (χ4n) is 3.43. The fraction of sp³-hybridized carbons (Fsp3) is 0.476. The molecule has 1 aliphatic carbocycles. The molecular weight excluding hydrogens is 372 g/mol. The molecule has 0 bridgehead atoms. The van der Waals surface area contributed by atoms with Gasteiger partial charge >= 0.3 is 5.69 Å². The van der Waals surface area contributed by atoms with Crippen molar-refractivity contribution in [3.63, 3.8) is 0 Å². The Kier molecular flexibility index (Phi) is 6.91. The number of rotatable bonds is 7. The molecule has 3 rings (SSSR count). The van der Waals surface area contributed by atoms with Gasteiger partial charge in [0.25, 0.3) is 0 Å². The molecule has 1 N–H and O–H groups in total. The number of thioether (sulfide) groups is 1. The lowest BCUT2D eigenvalue weighted by Gasteiger charge is -2.23. The maximum absolute atomic E-state index is 12.6. The first-order valence-corrected chi connectivity index (χ1v) is 10.7. The summed E-state index contributed by atoms with van der Waals surface area (Å²) in [5.74, 6) is 0.164. The molecule has 0 radical (unpaired) electrons. The summed E-state index contributed by atoms with van der Waals surface area (Å²) in [5.41, 5.74) is 3.90. The van der Waals surface area contributed by atoms with Gasteiger partial charge in [-0.1, -0.05) is 30.0 Å². The third-order valence-electron chi connectivity index (χ3n) is 4.98. The topological polar surface area (TPSA) is 67.2 Å². The molecule has 28 heavy (non-hydrogen) atoms. The molecule has 0 aliphatic heterocycles. The average molecular weight is 401 g/mol. The summed E-state index contributed by atoms with van der Waals surface area (Å²) in [6, 6.07) is 7.71. The molecule has 0 spiro atoms. The van der Waals surface area contributed by atoms with Crippen LogP contribution in [0.15, 0.2) is 34.1 Å². The first-order chi connectivity index (χ1) is 13.5. The van der Waals surface area contributed by atoms with Gasteiger partial charge in [-0.3, -0.25) is 9.36 Å². The van der Waals surface area contributed by atoms with Crippen LogP contribution in [0.4, 0.5) is 5.69 Å². The van der Waals surface area contributed by atoms with E-state index < -0.39 is 0 Å². The quantitative estimate of drug-likeness (QED) is 0.572. The number of para-hydroxylation sites is 1. The van der Waals surface area contributed by atoms with E-state index in [1.165, 1.54) is 11.8 Å². The van der Waals surface area contributed by atoms with E-state index in [0.29, 0.717) is 6.54 Å². The number of anilines is 1. The van der Waals surface area contributed by atoms with Crippen LogP contribution in [0, 0.1) is 6.92 Å². The molecule has 0 fully saturated rings. The SMILES string of the molecule is Cc1ccccc1NC(=O)CSc1nc(=O)n(CCN(C)C)c2c1CCCC2. The fourth-order valence-corrected chi connectivity index (χ4v) is 4.31. The van der Waals surface area contributed by atoms with E-state index in [9.17, 15) is 9.59 Å². The van der Waals surface area contributed by atoms with Crippen molar-refractivity contribution in [2.45, 2.75) is 44.2 Å². The average Bonchev–Trinajstić information content (AvgIpc) is 2.67. The van der Waals surface area contributed by atoms with Crippen LogP contribution in [-0.2, 0) is 24.2 Å². The number of carbonyl (C=O) groups excluding carboxylic acids is 1. The molecule has 1 aliphatic rings. The zero-order chi connectivity index (χ0) is 20.1. The van der Waals surface area contributed by atoms with Crippen LogP contribution in [0.2, 0.25) is 0 Å². The Hall–Kier alpha value is -2.12. The summed E-state index contributed by atoms with van der Waals surface area (Å²) in [6.07, 6.45) is 4.02. The second kappa shape index (κ2) is 9.39. The van der Waals surface area contributed by atoms with Crippen molar-refractivity contribution in [1.29, 1.82) is 0 Å². The second-order valence-electron chi connectivity index (χ2n) is 7.44. The Morgan fingerprint density at radius 3 is 2.75 bits per heavy atom. The number of aromatic nitrogens is 2. The number of aryl methyl sites for hydroxylation is 1. The molecule has 2 aromatic rings. The summed E-state index contributed by atoms with van der Waals surface area (Å²) in [6.45, 7) is 3.42. The van der Waals surface area contributed by atoms with Gasteiger partial charge < -0.3 is 10.2 Å². The highest BCUT2D eigenvalue weighted by Gasteiger charge is 2.21. The molecule has 6 nitrogen and oxygen atoms in total. The lowest BCUT2D eigenvalue weighted by molar-refractivity contribution is -0.113. The maximum Gasteiger partial charge on any atom is 0.348 e. The molecule has 1 amide bonds. The molecule has 0 atom stereocenters. The minimum Gasteiger partial charge on any atom is -0.325 e. The Labute approximate surface area is 170 Å². The van der Waals surface area contributed by atoms with E-state index in [0.717, 1.165) is 59.8 Å². The van der Waals surface area contributed by atoms with Crippen LogP contribution in [0.1, 0.15) is 29.7 Å². The lowest BCUT2D eigenvalue weighted by atomic mass is 9.97. The van der Waals surface area contributed by atoms with Crippen molar-refractivity contribution in [3.8, 4) is 0 Å². The zero-order valence-electron chi connectivity index (χ0n) is 16.8. The molecular formula is C21H28N4O2S. The summed E-state index contributed by atoms with van der Waals surface area (Å²) < 4.78 is 1.83. The Morgan fingerprint density at radius 2 is 2.00 bits per heavy atom. The van der Waals surface area contributed by atoms with Crippen LogP contribution in [0.3, 0.4) is 0 Å². The number of amides is 1. The molecule has 0 saturated heterocycles. The van der Waals surface area contributed by atoms with Gasteiger partial charge in [-0.2, -0.15) is 4.98 Å².